The predicted molar refractivity (Wildman–Crippen MR) is 116 cm³/mol. The zero-order valence-electron chi connectivity index (χ0n) is 17.7. The van der Waals surface area contributed by atoms with Crippen LogP contribution in [0, 0.1) is 13.8 Å². The van der Waals surface area contributed by atoms with Crippen molar-refractivity contribution in [3.63, 3.8) is 0 Å². The molecule has 0 radical (unpaired) electrons. The molecule has 1 amide bonds. The maximum absolute atomic E-state index is 13.2. The third-order valence-electron chi connectivity index (χ3n) is 5.12. The summed E-state index contributed by atoms with van der Waals surface area (Å²) in [7, 11) is 3.45. The minimum absolute atomic E-state index is 0.242. The van der Waals surface area contributed by atoms with E-state index < -0.39 is 0 Å². The number of nitrogens with zero attached hydrogens (tertiary/aromatic N) is 5. The quantitative estimate of drug-likeness (QED) is 0.548. The third kappa shape index (κ3) is 3.41. The lowest BCUT2D eigenvalue weighted by Crippen LogP contribution is -2.14. The van der Waals surface area contributed by atoms with E-state index in [0.29, 0.717) is 22.7 Å². The van der Waals surface area contributed by atoms with E-state index in [1.165, 1.54) is 0 Å². The number of aromatic nitrogens is 5. The van der Waals surface area contributed by atoms with Crippen molar-refractivity contribution < 1.29 is 9.53 Å². The van der Waals surface area contributed by atoms with Gasteiger partial charge in [0.2, 0.25) is 0 Å². The molecule has 154 valence electrons. The minimum Gasteiger partial charge on any atom is -0.497 e. The standard InChI is InChI=1S/C22H24N6O2/c1-6-28-13(2)11-19(26-28)24-22(29)17-12-18(15-7-9-16(30-5)10-8-15)23-21-20(17)14(3)25-27(21)4/h7-12H,6H2,1-5H3,(H,24,26,29). The second kappa shape index (κ2) is 7.62. The summed E-state index contributed by atoms with van der Waals surface area (Å²) in [4.78, 5) is 18.0. The number of hydrogen-bond acceptors (Lipinski definition) is 5. The number of benzene rings is 1. The molecule has 1 N–H and O–H groups in total. The van der Waals surface area contributed by atoms with Crippen molar-refractivity contribution >= 4 is 22.8 Å². The van der Waals surface area contributed by atoms with Gasteiger partial charge in [0, 0.05) is 30.9 Å². The van der Waals surface area contributed by atoms with Crippen molar-refractivity contribution in [2.24, 2.45) is 7.05 Å². The summed E-state index contributed by atoms with van der Waals surface area (Å²) in [5, 5.41) is 12.6. The number of carbonyl (C=O) groups is 1. The smallest absolute Gasteiger partial charge is 0.257 e. The van der Waals surface area contributed by atoms with E-state index in [9.17, 15) is 4.79 Å². The van der Waals surface area contributed by atoms with Gasteiger partial charge >= 0.3 is 0 Å². The van der Waals surface area contributed by atoms with E-state index in [1.807, 2.05) is 62.8 Å². The van der Waals surface area contributed by atoms with Crippen LogP contribution in [-0.2, 0) is 13.6 Å². The van der Waals surface area contributed by atoms with Crippen LogP contribution < -0.4 is 10.1 Å². The summed E-state index contributed by atoms with van der Waals surface area (Å²) in [6.07, 6.45) is 0. The minimum atomic E-state index is -0.242. The van der Waals surface area contributed by atoms with Crippen LogP contribution in [-0.4, -0.2) is 37.6 Å². The number of rotatable bonds is 5. The van der Waals surface area contributed by atoms with Gasteiger partial charge in [0.15, 0.2) is 11.5 Å². The zero-order valence-corrected chi connectivity index (χ0v) is 17.7. The molecule has 0 atom stereocenters. The van der Waals surface area contributed by atoms with Gasteiger partial charge in [-0.05, 0) is 51.1 Å². The van der Waals surface area contributed by atoms with E-state index in [4.69, 9.17) is 9.72 Å². The SMILES string of the molecule is CCn1nc(NC(=O)c2cc(-c3ccc(OC)cc3)nc3c2c(C)nn3C)cc1C. The van der Waals surface area contributed by atoms with Crippen LogP contribution in [0.3, 0.4) is 0 Å². The molecule has 0 fully saturated rings. The van der Waals surface area contributed by atoms with E-state index in [2.05, 4.69) is 15.5 Å². The average Bonchev–Trinajstić information content (AvgIpc) is 3.25. The van der Waals surface area contributed by atoms with Crippen LogP contribution in [0.2, 0.25) is 0 Å². The van der Waals surface area contributed by atoms with E-state index in [0.717, 1.165) is 34.6 Å². The van der Waals surface area contributed by atoms with Gasteiger partial charge in [0.25, 0.3) is 5.91 Å². The molecule has 0 aliphatic heterocycles. The van der Waals surface area contributed by atoms with Crippen molar-refractivity contribution in [2.75, 3.05) is 12.4 Å². The molecule has 3 aromatic heterocycles. The van der Waals surface area contributed by atoms with Gasteiger partial charge in [-0.2, -0.15) is 10.2 Å². The molecule has 0 aliphatic rings. The van der Waals surface area contributed by atoms with E-state index in [1.54, 1.807) is 17.9 Å². The molecular formula is C22H24N6O2. The molecular weight excluding hydrogens is 380 g/mol. The number of nitrogens with one attached hydrogen (secondary N) is 1. The lowest BCUT2D eigenvalue weighted by molar-refractivity contribution is 0.102. The molecule has 4 aromatic rings. The number of carbonyl (C=O) groups excluding carboxylic acids is 1. The summed E-state index contributed by atoms with van der Waals surface area (Å²) < 4.78 is 8.78. The largest absolute Gasteiger partial charge is 0.497 e. The maximum Gasteiger partial charge on any atom is 0.257 e. The van der Waals surface area contributed by atoms with Crippen LogP contribution in [0.4, 0.5) is 5.82 Å². The maximum atomic E-state index is 13.2. The van der Waals surface area contributed by atoms with E-state index in [-0.39, 0.29) is 5.91 Å². The highest BCUT2D eigenvalue weighted by Gasteiger charge is 2.20. The van der Waals surface area contributed by atoms with Gasteiger partial charge in [-0.3, -0.25) is 14.2 Å². The molecule has 0 aliphatic carbocycles. The second-order valence-corrected chi connectivity index (χ2v) is 7.13. The molecule has 0 unspecified atom stereocenters. The fourth-order valence-corrected chi connectivity index (χ4v) is 3.61. The number of fused-ring (bicyclic) bond motifs is 1. The van der Waals surface area contributed by atoms with Gasteiger partial charge in [0.05, 0.1) is 29.4 Å². The van der Waals surface area contributed by atoms with Gasteiger partial charge < -0.3 is 10.1 Å². The lowest BCUT2D eigenvalue weighted by Gasteiger charge is -2.09. The topological polar surface area (TPSA) is 86.9 Å². The first-order valence-corrected chi connectivity index (χ1v) is 9.75. The molecule has 8 nitrogen and oxygen atoms in total. The highest BCUT2D eigenvalue weighted by Crippen LogP contribution is 2.28. The van der Waals surface area contributed by atoms with Gasteiger partial charge in [-0.15, -0.1) is 0 Å². The number of hydrogen-bond donors (Lipinski definition) is 1. The number of methoxy groups -OCH3 is 1. The number of aryl methyl sites for hydroxylation is 4. The summed E-state index contributed by atoms with van der Waals surface area (Å²) in [6, 6.07) is 11.2. The molecule has 3 heterocycles. The Kier molecular flexibility index (Phi) is 4.99. The second-order valence-electron chi connectivity index (χ2n) is 7.13. The van der Waals surface area contributed by atoms with Crippen LogP contribution >= 0.6 is 0 Å². The van der Waals surface area contributed by atoms with Crippen LogP contribution in [0.1, 0.15) is 28.7 Å². The van der Waals surface area contributed by atoms with Crippen LogP contribution in [0.5, 0.6) is 5.75 Å². The fourth-order valence-electron chi connectivity index (χ4n) is 3.61. The Labute approximate surface area is 174 Å². The Morgan fingerprint density at radius 3 is 2.50 bits per heavy atom. The number of anilines is 1. The Balaban J connectivity index is 1.81. The molecule has 0 saturated heterocycles. The fraction of sp³-hybridized carbons (Fsp3) is 0.273. The summed E-state index contributed by atoms with van der Waals surface area (Å²) >= 11 is 0. The third-order valence-corrected chi connectivity index (χ3v) is 5.12. The summed E-state index contributed by atoms with van der Waals surface area (Å²) in [5.41, 5.74) is 4.48. The van der Waals surface area contributed by atoms with E-state index >= 15 is 0 Å². The number of pyridine rings is 1. The Morgan fingerprint density at radius 2 is 1.87 bits per heavy atom. The molecule has 1 aromatic carbocycles. The van der Waals surface area contributed by atoms with Gasteiger partial charge in [-0.1, -0.05) is 0 Å². The summed E-state index contributed by atoms with van der Waals surface area (Å²) in [6.45, 7) is 6.59. The predicted octanol–water partition coefficient (Wildman–Crippen LogP) is 3.73. The van der Waals surface area contributed by atoms with Crippen molar-refractivity contribution in [2.45, 2.75) is 27.3 Å². The van der Waals surface area contributed by atoms with Crippen LogP contribution in [0.25, 0.3) is 22.3 Å². The normalized spacial score (nSPS) is 11.1. The van der Waals surface area contributed by atoms with Crippen molar-refractivity contribution in [1.82, 2.24) is 24.5 Å². The number of ether oxygens (including phenoxy) is 1. The Hall–Kier alpha value is -3.68. The average molecular weight is 404 g/mol. The first-order chi connectivity index (χ1) is 14.4. The highest BCUT2D eigenvalue weighted by molar-refractivity contribution is 6.13. The molecule has 30 heavy (non-hydrogen) atoms. The zero-order chi connectivity index (χ0) is 21.4. The first kappa shape index (κ1) is 19.6. The monoisotopic (exact) mass is 404 g/mol. The highest BCUT2D eigenvalue weighted by atomic mass is 16.5. The van der Waals surface area contributed by atoms with Crippen molar-refractivity contribution in [3.8, 4) is 17.0 Å². The van der Waals surface area contributed by atoms with Gasteiger partial charge in [0.1, 0.15) is 5.75 Å². The van der Waals surface area contributed by atoms with Crippen molar-refractivity contribution in [3.05, 3.63) is 53.3 Å². The molecule has 0 spiro atoms. The number of amides is 1. The van der Waals surface area contributed by atoms with Crippen molar-refractivity contribution in [1.29, 1.82) is 0 Å². The lowest BCUT2D eigenvalue weighted by atomic mass is 10.0. The molecule has 0 bridgehead atoms. The Morgan fingerprint density at radius 1 is 1.13 bits per heavy atom. The summed E-state index contributed by atoms with van der Waals surface area (Å²) in [5.74, 6) is 1.04. The molecule has 0 saturated carbocycles. The first-order valence-electron chi connectivity index (χ1n) is 9.75. The molecule has 8 heteroatoms. The van der Waals surface area contributed by atoms with Crippen LogP contribution in [0.15, 0.2) is 36.4 Å². The van der Waals surface area contributed by atoms with Gasteiger partial charge in [-0.25, -0.2) is 4.98 Å². The molecule has 4 rings (SSSR count). The Bertz CT molecular complexity index is 1240.